The topological polar surface area (TPSA) is 93.6 Å². The van der Waals surface area contributed by atoms with Crippen molar-refractivity contribution in [3.8, 4) is 11.6 Å². The zero-order valence-corrected chi connectivity index (χ0v) is 15.6. The summed E-state index contributed by atoms with van der Waals surface area (Å²) < 4.78 is 10.9. The highest BCUT2D eigenvalue weighted by atomic mass is 16.5. The minimum Gasteiger partial charge on any atom is -0.491 e. The van der Waals surface area contributed by atoms with E-state index < -0.39 is 5.97 Å². The van der Waals surface area contributed by atoms with Gasteiger partial charge in [0, 0.05) is 18.1 Å². The van der Waals surface area contributed by atoms with Crippen molar-refractivity contribution in [1.82, 2.24) is 9.97 Å². The molecule has 0 radical (unpaired) electrons. The largest absolute Gasteiger partial charge is 0.491 e. The number of hydrogen-bond acceptors (Lipinski definition) is 6. The first-order chi connectivity index (χ1) is 13.6. The number of ether oxygens (including phenoxy) is 2. The molecule has 0 aliphatic carbocycles. The Balaban J connectivity index is 2.02. The van der Waals surface area contributed by atoms with Crippen LogP contribution in [-0.2, 0) is 0 Å². The van der Waals surface area contributed by atoms with Gasteiger partial charge in [0.05, 0.1) is 31.0 Å². The number of aromatic nitrogens is 2. The van der Waals surface area contributed by atoms with Crippen LogP contribution < -0.4 is 14.8 Å². The molecule has 0 bridgehead atoms. The summed E-state index contributed by atoms with van der Waals surface area (Å²) in [6.45, 7) is 2.33. The molecular weight excluding hydrogens is 358 g/mol. The Labute approximate surface area is 163 Å². The van der Waals surface area contributed by atoms with Gasteiger partial charge in [0.25, 0.3) is 5.88 Å². The van der Waals surface area contributed by atoms with Crippen LogP contribution in [0.1, 0.15) is 34.6 Å². The van der Waals surface area contributed by atoms with Crippen LogP contribution in [-0.4, -0.2) is 34.8 Å². The standard InChI is InChI=1S/C21H21N3O4/c1-3-28-20-18(27-2)10-9-17(24-20)19(15-7-5-11-22-13-15)23-16-8-4-6-14(12-16)21(25)26/h4-13,19,23H,3H2,1-2H3,(H,25,26). The lowest BCUT2D eigenvalue weighted by Crippen LogP contribution is -2.15. The average Bonchev–Trinajstić information content (AvgIpc) is 2.73. The van der Waals surface area contributed by atoms with Crippen LogP contribution >= 0.6 is 0 Å². The van der Waals surface area contributed by atoms with Crippen LogP contribution in [0.2, 0.25) is 0 Å². The molecular formula is C21H21N3O4. The highest BCUT2D eigenvalue weighted by Gasteiger charge is 2.19. The number of carbonyl (C=O) groups is 1. The third kappa shape index (κ3) is 4.37. The van der Waals surface area contributed by atoms with Crippen molar-refractivity contribution in [3.63, 3.8) is 0 Å². The van der Waals surface area contributed by atoms with Gasteiger partial charge in [-0.25, -0.2) is 9.78 Å². The number of nitrogens with one attached hydrogen (secondary N) is 1. The smallest absolute Gasteiger partial charge is 0.335 e. The summed E-state index contributed by atoms with van der Waals surface area (Å²) >= 11 is 0. The first kappa shape index (κ1) is 19.2. The predicted molar refractivity (Wildman–Crippen MR) is 105 cm³/mol. The Morgan fingerprint density at radius 3 is 2.75 bits per heavy atom. The second-order valence-corrected chi connectivity index (χ2v) is 5.93. The second kappa shape index (κ2) is 8.85. The highest BCUT2D eigenvalue weighted by molar-refractivity contribution is 5.88. The molecule has 3 rings (SSSR count). The molecule has 1 atom stereocenters. The van der Waals surface area contributed by atoms with Gasteiger partial charge in [-0.05, 0) is 48.9 Å². The molecule has 2 N–H and O–H groups in total. The maximum Gasteiger partial charge on any atom is 0.335 e. The molecule has 0 saturated heterocycles. The lowest BCUT2D eigenvalue weighted by atomic mass is 10.0. The van der Waals surface area contributed by atoms with Crippen LogP contribution in [0.4, 0.5) is 5.69 Å². The van der Waals surface area contributed by atoms with E-state index in [2.05, 4.69) is 15.3 Å². The summed E-state index contributed by atoms with van der Waals surface area (Å²) in [5, 5.41) is 12.6. The second-order valence-electron chi connectivity index (χ2n) is 5.93. The van der Waals surface area contributed by atoms with Crippen LogP contribution in [0.5, 0.6) is 11.6 Å². The van der Waals surface area contributed by atoms with E-state index in [9.17, 15) is 9.90 Å². The maximum absolute atomic E-state index is 11.3. The zero-order chi connectivity index (χ0) is 19.9. The molecule has 0 aliphatic heterocycles. The monoisotopic (exact) mass is 379 g/mol. The van der Waals surface area contributed by atoms with Crippen molar-refractivity contribution in [2.24, 2.45) is 0 Å². The number of hydrogen-bond donors (Lipinski definition) is 2. The molecule has 2 aromatic heterocycles. The summed E-state index contributed by atoms with van der Waals surface area (Å²) in [6.07, 6.45) is 3.43. The molecule has 28 heavy (non-hydrogen) atoms. The Hall–Kier alpha value is -3.61. The fourth-order valence-electron chi connectivity index (χ4n) is 2.78. The van der Waals surface area contributed by atoms with E-state index in [1.807, 2.05) is 31.2 Å². The quantitative estimate of drug-likeness (QED) is 0.615. The third-order valence-electron chi connectivity index (χ3n) is 4.08. The minimum absolute atomic E-state index is 0.202. The lowest BCUT2D eigenvalue weighted by Gasteiger charge is -2.21. The summed E-state index contributed by atoms with van der Waals surface area (Å²) in [5.74, 6) is -0.0383. The summed E-state index contributed by atoms with van der Waals surface area (Å²) in [7, 11) is 1.56. The Morgan fingerprint density at radius 1 is 1.21 bits per heavy atom. The van der Waals surface area contributed by atoms with Gasteiger partial charge in [0.1, 0.15) is 0 Å². The van der Waals surface area contributed by atoms with E-state index in [4.69, 9.17) is 9.47 Å². The average molecular weight is 379 g/mol. The first-order valence-corrected chi connectivity index (χ1v) is 8.80. The molecule has 2 heterocycles. The van der Waals surface area contributed by atoms with Crippen LogP contribution in [0.3, 0.4) is 0 Å². The van der Waals surface area contributed by atoms with Gasteiger partial charge in [0.15, 0.2) is 5.75 Å². The molecule has 0 aliphatic rings. The van der Waals surface area contributed by atoms with Gasteiger partial charge < -0.3 is 19.9 Å². The van der Waals surface area contributed by atoms with E-state index >= 15 is 0 Å². The number of nitrogens with zero attached hydrogens (tertiary/aromatic N) is 2. The van der Waals surface area contributed by atoms with Gasteiger partial charge in [-0.15, -0.1) is 0 Å². The number of rotatable bonds is 8. The Bertz CT molecular complexity index is 947. The number of carboxylic acid groups (broad SMARTS) is 1. The molecule has 3 aromatic rings. The predicted octanol–water partition coefficient (Wildman–Crippen LogP) is 3.78. The normalized spacial score (nSPS) is 11.5. The Morgan fingerprint density at radius 2 is 2.07 bits per heavy atom. The Kier molecular flexibility index (Phi) is 6.06. The minimum atomic E-state index is -0.984. The van der Waals surface area contributed by atoms with Crippen LogP contribution in [0.15, 0.2) is 60.9 Å². The van der Waals surface area contributed by atoms with Crippen LogP contribution in [0.25, 0.3) is 0 Å². The molecule has 0 fully saturated rings. The molecule has 0 saturated carbocycles. The first-order valence-electron chi connectivity index (χ1n) is 8.80. The number of aromatic carboxylic acids is 1. The van der Waals surface area contributed by atoms with Crippen LogP contribution in [0, 0.1) is 0 Å². The van der Waals surface area contributed by atoms with E-state index in [1.54, 1.807) is 43.8 Å². The number of benzene rings is 1. The number of pyridine rings is 2. The van der Waals surface area contributed by atoms with Gasteiger partial charge >= 0.3 is 5.97 Å². The number of carboxylic acids is 1. The maximum atomic E-state index is 11.3. The SMILES string of the molecule is CCOc1nc(C(Nc2cccc(C(=O)O)c2)c2cccnc2)ccc1OC. The summed E-state index contributed by atoms with van der Waals surface area (Å²) in [4.78, 5) is 20.1. The highest BCUT2D eigenvalue weighted by Crippen LogP contribution is 2.31. The molecule has 0 amide bonds. The fourth-order valence-corrected chi connectivity index (χ4v) is 2.78. The van der Waals surface area contributed by atoms with Crippen molar-refractivity contribution < 1.29 is 19.4 Å². The van der Waals surface area contributed by atoms with Gasteiger partial charge in [0.2, 0.25) is 0 Å². The summed E-state index contributed by atoms with van der Waals surface area (Å²) in [5.41, 5.74) is 2.43. The van der Waals surface area contributed by atoms with E-state index in [0.717, 1.165) is 5.56 Å². The molecule has 144 valence electrons. The van der Waals surface area contributed by atoms with Gasteiger partial charge in [-0.3, -0.25) is 4.98 Å². The number of anilines is 1. The summed E-state index contributed by atoms with van der Waals surface area (Å²) in [6, 6.07) is 13.7. The van der Waals surface area contributed by atoms with Crippen molar-refractivity contribution >= 4 is 11.7 Å². The molecule has 0 spiro atoms. The van der Waals surface area contributed by atoms with E-state index in [1.165, 1.54) is 0 Å². The van der Waals surface area contributed by atoms with Crippen molar-refractivity contribution in [2.75, 3.05) is 19.0 Å². The lowest BCUT2D eigenvalue weighted by molar-refractivity contribution is 0.0697. The van der Waals surface area contributed by atoms with Gasteiger partial charge in [-0.2, -0.15) is 0 Å². The molecule has 1 aromatic carbocycles. The fraction of sp³-hybridized carbons (Fsp3) is 0.190. The van der Waals surface area contributed by atoms with E-state index in [-0.39, 0.29) is 11.6 Å². The van der Waals surface area contributed by atoms with Gasteiger partial charge in [-0.1, -0.05) is 12.1 Å². The van der Waals surface area contributed by atoms with Crippen molar-refractivity contribution in [3.05, 3.63) is 77.7 Å². The number of methoxy groups -OCH3 is 1. The third-order valence-corrected chi connectivity index (χ3v) is 4.08. The van der Waals surface area contributed by atoms with Crippen molar-refractivity contribution in [1.29, 1.82) is 0 Å². The van der Waals surface area contributed by atoms with Crippen molar-refractivity contribution in [2.45, 2.75) is 13.0 Å². The molecule has 7 heteroatoms. The molecule has 7 nitrogen and oxygen atoms in total. The zero-order valence-electron chi connectivity index (χ0n) is 15.6. The molecule has 1 unspecified atom stereocenters. The van der Waals surface area contributed by atoms with E-state index in [0.29, 0.717) is 29.6 Å².